The molecule has 0 amide bonds. The van der Waals surface area contributed by atoms with E-state index in [4.69, 9.17) is 5.73 Å². The van der Waals surface area contributed by atoms with Crippen molar-refractivity contribution in [3.8, 4) is 0 Å². The second kappa shape index (κ2) is 6.33. The van der Waals surface area contributed by atoms with Crippen LogP contribution in [-0.4, -0.2) is 30.0 Å². The van der Waals surface area contributed by atoms with Crippen molar-refractivity contribution in [2.75, 3.05) is 6.54 Å². The predicted molar refractivity (Wildman–Crippen MR) is 79.0 cm³/mol. The third-order valence-electron chi connectivity index (χ3n) is 3.31. The molecule has 1 aromatic carbocycles. The van der Waals surface area contributed by atoms with E-state index >= 15 is 0 Å². The molecule has 21 heavy (non-hydrogen) atoms. The Labute approximate surface area is 124 Å². The minimum atomic E-state index is -3.57. The van der Waals surface area contributed by atoms with Gasteiger partial charge in [0.15, 0.2) is 0 Å². The lowest BCUT2D eigenvalue weighted by Gasteiger charge is -2.13. The van der Waals surface area contributed by atoms with Crippen LogP contribution in [0.15, 0.2) is 29.4 Å². The fourth-order valence-electron chi connectivity index (χ4n) is 2.02. The fraction of sp³-hybridized carbons (Fsp3) is 0.385. The van der Waals surface area contributed by atoms with E-state index in [9.17, 15) is 8.42 Å². The Hall–Kier alpha value is -1.77. The predicted octanol–water partition coefficient (Wildman–Crippen LogP) is 0.332. The molecule has 2 aromatic rings. The highest BCUT2D eigenvalue weighted by Gasteiger charge is 2.18. The Balaban J connectivity index is 2.17. The lowest BCUT2D eigenvalue weighted by atomic mass is 10.1. The van der Waals surface area contributed by atoms with Crippen LogP contribution in [0.2, 0.25) is 0 Å². The molecule has 0 atom stereocenters. The minimum absolute atomic E-state index is 0.247. The van der Waals surface area contributed by atoms with Crippen LogP contribution < -0.4 is 10.5 Å². The van der Waals surface area contributed by atoms with E-state index in [1.165, 1.54) is 0 Å². The summed E-state index contributed by atoms with van der Waals surface area (Å²) in [6.45, 7) is 4.65. The van der Waals surface area contributed by atoms with Gasteiger partial charge in [-0.15, -0.1) is 5.10 Å². The van der Waals surface area contributed by atoms with E-state index in [1.54, 1.807) is 30.1 Å². The normalized spacial score (nSPS) is 11.8. The SMILES string of the molecule is Cc1cc(CN)cc(S(=O)(=O)NCCn2ccnn2)c1C. The molecule has 3 N–H and O–H groups in total. The number of benzene rings is 1. The minimum Gasteiger partial charge on any atom is -0.326 e. The highest BCUT2D eigenvalue weighted by molar-refractivity contribution is 7.89. The van der Waals surface area contributed by atoms with Crippen molar-refractivity contribution >= 4 is 10.0 Å². The van der Waals surface area contributed by atoms with Crippen molar-refractivity contribution in [1.82, 2.24) is 19.7 Å². The molecule has 7 nitrogen and oxygen atoms in total. The molecule has 0 saturated heterocycles. The Morgan fingerprint density at radius 1 is 1.33 bits per heavy atom. The van der Waals surface area contributed by atoms with Crippen molar-refractivity contribution in [2.24, 2.45) is 5.73 Å². The molecule has 0 spiro atoms. The molecule has 0 aliphatic carbocycles. The van der Waals surface area contributed by atoms with Crippen LogP contribution >= 0.6 is 0 Å². The van der Waals surface area contributed by atoms with Crippen LogP contribution in [0, 0.1) is 13.8 Å². The second-order valence-corrected chi connectivity index (χ2v) is 6.54. The van der Waals surface area contributed by atoms with Crippen LogP contribution in [0.5, 0.6) is 0 Å². The molecule has 0 unspecified atom stereocenters. The number of aromatic nitrogens is 3. The van der Waals surface area contributed by atoms with Crippen molar-refractivity contribution in [3.63, 3.8) is 0 Å². The lowest BCUT2D eigenvalue weighted by molar-refractivity contribution is 0.552. The number of nitrogens with zero attached hydrogens (tertiary/aromatic N) is 3. The summed E-state index contributed by atoms with van der Waals surface area (Å²) >= 11 is 0. The van der Waals surface area contributed by atoms with Crippen LogP contribution in [0.1, 0.15) is 16.7 Å². The van der Waals surface area contributed by atoms with Crippen molar-refractivity contribution < 1.29 is 8.42 Å². The van der Waals surface area contributed by atoms with Crippen LogP contribution in [0.4, 0.5) is 0 Å². The Kier molecular flexibility index (Phi) is 4.71. The van der Waals surface area contributed by atoms with Gasteiger partial charge in [-0.3, -0.25) is 4.68 Å². The first-order valence-electron chi connectivity index (χ1n) is 6.58. The van der Waals surface area contributed by atoms with Crippen molar-refractivity contribution in [3.05, 3.63) is 41.2 Å². The summed E-state index contributed by atoms with van der Waals surface area (Å²) in [6, 6.07) is 3.53. The summed E-state index contributed by atoms with van der Waals surface area (Å²) in [5.41, 5.74) is 8.06. The summed E-state index contributed by atoms with van der Waals surface area (Å²) in [7, 11) is -3.57. The van der Waals surface area contributed by atoms with Gasteiger partial charge in [0.25, 0.3) is 0 Å². The second-order valence-electron chi connectivity index (χ2n) is 4.80. The smallest absolute Gasteiger partial charge is 0.240 e. The Bertz CT molecular complexity index is 710. The Morgan fingerprint density at radius 2 is 2.10 bits per heavy atom. The van der Waals surface area contributed by atoms with Crippen LogP contribution in [0.3, 0.4) is 0 Å². The lowest BCUT2D eigenvalue weighted by Crippen LogP contribution is -2.28. The van der Waals surface area contributed by atoms with E-state index in [0.717, 1.165) is 16.7 Å². The molecule has 0 radical (unpaired) electrons. The van der Waals surface area contributed by atoms with Gasteiger partial charge in [0.05, 0.1) is 17.6 Å². The average molecular weight is 309 g/mol. The van der Waals surface area contributed by atoms with E-state index in [0.29, 0.717) is 13.1 Å². The van der Waals surface area contributed by atoms with Gasteiger partial charge in [-0.1, -0.05) is 11.3 Å². The third-order valence-corrected chi connectivity index (χ3v) is 4.90. The highest BCUT2D eigenvalue weighted by atomic mass is 32.2. The average Bonchev–Trinajstić information content (AvgIpc) is 2.94. The van der Waals surface area contributed by atoms with E-state index in [2.05, 4.69) is 15.0 Å². The first-order valence-corrected chi connectivity index (χ1v) is 8.06. The Morgan fingerprint density at radius 3 is 2.71 bits per heavy atom. The van der Waals surface area contributed by atoms with Gasteiger partial charge < -0.3 is 5.73 Å². The quantitative estimate of drug-likeness (QED) is 0.800. The van der Waals surface area contributed by atoms with Crippen molar-refractivity contribution in [2.45, 2.75) is 31.8 Å². The van der Waals surface area contributed by atoms with Crippen LogP contribution in [0.25, 0.3) is 0 Å². The molecule has 0 fully saturated rings. The molecule has 1 aromatic heterocycles. The molecular weight excluding hydrogens is 290 g/mol. The monoisotopic (exact) mass is 309 g/mol. The first kappa shape index (κ1) is 15.6. The maximum atomic E-state index is 12.4. The van der Waals surface area contributed by atoms with Crippen LogP contribution in [-0.2, 0) is 23.1 Å². The zero-order valence-electron chi connectivity index (χ0n) is 12.1. The number of rotatable bonds is 6. The molecular formula is C13H19N5O2S. The van der Waals surface area contributed by atoms with E-state index < -0.39 is 10.0 Å². The maximum absolute atomic E-state index is 12.4. The van der Waals surface area contributed by atoms with Gasteiger partial charge in [-0.05, 0) is 36.6 Å². The molecule has 8 heteroatoms. The summed E-state index contributed by atoms with van der Waals surface area (Å²) in [4.78, 5) is 0.279. The number of hydrogen-bond acceptors (Lipinski definition) is 5. The van der Waals surface area contributed by atoms with Gasteiger partial charge in [0.2, 0.25) is 10.0 Å². The first-order chi connectivity index (χ1) is 9.94. The summed E-state index contributed by atoms with van der Waals surface area (Å²) in [5.74, 6) is 0. The van der Waals surface area contributed by atoms with Gasteiger partial charge in [-0.2, -0.15) is 0 Å². The van der Waals surface area contributed by atoms with Gasteiger partial charge in [0.1, 0.15) is 0 Å². The molecule has 0 aliphatic rings. The summed E-state index contributed by atoms with van der Waals surface area (Å²) in [6.07, 6.45) is 3.23. The van der Waals surface area contributed by atoms with Gasteiger partial charge in [0, 0.05) is 19.3 Å². The number of hydrogen-bond donors (Lipinski definition) is 2. The topological polar surface area (TPSA) is 103 Å². The molecule has 2 rings (SSSR count). The zero-order chi connectivity index (χ0) is 15.5. The molecule has 114 valence electrons. The summed E-state index contributed by atoms with van der Waals surface area (Å²) < 4.78 is 29.0. The standard InChI is InChI=1S/C13H19N5O2S/c1-10-7-12(9-14)8-13(11(10)2)21(19,20)16-4-6-18-5-3-15-17-18/h3,5,7-8,16H,4,6,9,14H2,1-2H3. The fourth-order valence-corrected chi connectivity index (χ4v) is 3.41. The number of sulfonamides is 1. The van der Waals surface area contributed by atoms with Crippen molar-refractivity contribution in [1.29, 1.82) is 0 Å². The number of aryl methyl sites for hydroxylation is 1. The summed E-state index contributed by atoms with van der Waals surface area (Å²) in [5, 5.41) is 7.45. The molecule has 0 bridgehead atoms. The number of nitrogens with two attached hydrogens (primary N) is 1. The largest absolute Gasteiger partial charge is 0.326 e. The molecule has 0 saturated carbocycles. The highest BCUT2D eigenvalue weighted by Crippen LogP contribution is 2.20. The van der Waals surface area contributed by atoms with Gasteiger partial charge in [-0.25, -0.2) is 13.1 Å². The zero-order valence-corrected chi connectivity index (χ0v) is 12.9. The van der Waals surface area contributed by atoms with Gasteiger partial charge >= 0.3 is 0 Å². The van der Waals surface area contributed by atoms with E-state index in [-0.39, 0.29) is 11.4 Å². The third kappa shape index (κ3) is 3.66. The maximum Gasteiger partial charge on any atom is 0.240 e. The molecule has 1 heterocycles. The molecule has 0 aliphatic heterocycles. The van der Waals surface area contributed by atoms with E-state index in [1.807, 2.05) is 13.0 Å². The number of nitrogens with one attached hydrogen (secondary N) is 1.